The number of carboxylic acid groups (broad SMARTS) is 1. The zero-order chi connectivity index (χ0) is 18.8. The Balaban J connectivity index is 1.72. The first-order chi connectivity index (χ1) is 12.3. The fourth-order valence-electron chi connectivity index (χ4n) is 4.28. The van der Waals surface area contributed by atoms with Gasteiger partial charge in [-0.05, 0) is 58.0 Å². The number of aliphatic hydroxyl groups is 1. The molecular weight excluding hydrogens is 374 g/mol. The Labute approximate surface area is 164 Å². The van der Waals surface area contributed by atoms with Gasteiger partial charge in [-0.3, -0.25) is 4.99 Å². The van der Waals surface area contributed by atoms with Crippen LogP contribution in [0, 0.1) is 0 Å². The van der Waals surface area contributed by atoms with Gasteiger partial charge in [0.05, 0.1) is 17.4 Å². The van der Waals surface area contributed by atoms with Gasteiger partial charge in [-0.1, -0.05) is 0 Å². The highest BCUT2D eigenvalue weighted by Gasteiger charge is 2.46. The molecule has 3 rings (SSSR count). The molecule has 6 unspecified atom stereocenters. The van der Waals surface area contributed by atoms with E-state index in [9.17, 15) is 15.0 Å². The number of nitrogens with zero attached hydrogens (tertiary/aromatic N) is 3. The van der Waals surface area contributed by atoms with Crippen molar-refractivity contribution in [2.24, 2.45) is 4.99 Å². The first kappa shape index (κ1) is 20.1. The third kappa shape index (κ3) is 4.61. The van der Waals surface area contributed by atoms with Crippen LogP contribution in [0.3, 0.4) is 0 Å². The summed E-state index contributed by atoms with van der Waals surface area (Å²) in [6.07, 6.45) is 6.78. The van der Waals surface area contributed by atoms with Crippen LogP contribution in [-0.2, 0) is 4.79 Å². The number of alkyl halides is 1. The molecule has 6 nitrogen and oxygen atoms in total. The highest BCUT2D eigenvalue weighted by atomic mass is 35.5. The van der Waals surface area contributed by atoms with Crippen LogP contribution in [0.5, 0.6) is 0 Å². The van der Waals surface area contributed by atoms with E-state index in [4.69, 9.17) is 11.6 Å². The first-order valence-electron chi connectivity index (χ1n) is 9.39. The number of hydrogen-bond acceptors (Lipinski definition) is 5. The van der Waals surface area contributed by atoms with Crippen molar-refractivity contribution < 1.29 is 19.6 Å². The van der Waals surface area contributed by atoms with Crippen molar-refractivity contribution in [2.75, 3.05) is 20.6 Å². The molecule has 0 saturated heterocycles. The summed E-state index contributed by atoms with van der Waals surface area (Å²) in [5.41, 5.74) is 0. The molecule has 2 fully saturated rings. The van der Waals surface area contributed by atoms with Gasteiger partial charge in [0.25, 0.3) is 5.04 Å². The summed E-state index contributed by atoms with van der Waals surface area (Å²) >= 11 is 8.05. The summed E-state index contributed by atoms with van der Waals surface area (Å²) < 4.78 is 1.95. The van der Waals surface area contributed by atoms with Crippen LogP contribution < -0.4 is 0 Å². The van der Waals surface area contributed by atoms with Gasteiger partial charge < -0.3 is 15.1 Å². The molecule has 2 N–H and O–H groups in total. The maximum Gasteiger partial charge on any atom is 0.369 e. The van der Waals surface area contributed by atoms with Gasteiger partial charge in [-0.25, -0.2) is 9.37 Å². The molecule has 0 aromatic heterocycles. The number of carboxylic acids is 1. The molecule has 0 radical (unpaired) electrons. The van der Waals surface area contributed by atoms with Crippen molar-refractivity contribution in [3.05, 3.63) is 0 Å². The Kier molecular flexibility index (Phi) is 6.64. The number of carbonyl (C=O) groups is 1. The molecule has 0 aromatic rings. The average Bonchev–Trinajstić information content (AvgIpc) is 2.90. The number of aliphatic imine (C=N–C) groups is 1. The SMILES string of the molecule is CN(C)C1CCC(N=CC2=[N+](CC(=O)O)C3CC(Cl)CCC3S2)C(O)C1. The standard InChI is InChI=1S/C18H28ClN3O3S/c1-21(2)12-4-5-13(15(23)8-12)20-9-17-22(10-18(24)25)14-7-11(19)3-6-16(14)26-17/h9,11-16,23H,3-8,10H2,1-2H3/p+1. The molecule has 1 heterocycles. The van der Waals surface area contributed by atoms with E-state index < -0.39 is 12.1 Å². The van der Waals surface area contributed by atoms with Gasteiger partial charge in [-0.15, -0.1) is 11.6 Å². The lowest BCUT2D eigenvalue weighted by Gasteiger charge is -2.34. The molecule has 6 atom stereocenters. The van der Waals surface area contributed by atoms with E-state index in [1.807, 2.05) is 18.7 Å². The number of halogens is 1. The highest BCUT2D eigenvalue weighted by molar-refractivity contribution is 8.16. The number of thioether (sulfide) groups is 1. The smallest absolute Gasteiger partial charge is 0.369 e. The highest BCUT2D eigenvalue weighted by Crippen LogP contribution is 2.38. The molecule has 0 aromatic carbocycles. The zero-order valence-electron chi connectivity index (χ0n) is 15.4. The predicted octanol–water partition coefficient (Wildman–Crippen LogP) is 1.67. The first-order valence-corrected chi connectivity index (χ1v) is 10.7. The summed E-state index contributed by atoms with van der Waals surface area (Å²) in [5.74, 6) is -0.833. The van der Waals surface area contributed by atoms with Crippen LogP contribution in [0.25, 0.3) is 0 Å². The second-order valence-corrected chi connectivity index (χ2v) is 9.71. The lowest BCUT2D eigenvalue weighted by Crippen LogP contribution is -2.41. The minimum absolute atomic E-state index is 0.0188. The van der Waals surface area contributed by atoms with Gasteiger partial charge in [0.15, 0.2) is 6.04 Å². The molecular formula is C18H29ClN3O3S+. The van der Waals surface area contributed by atoms with Gasteiger partial charge in [0.1, 0.15) is 6.21 Å². The van der Waals surface area contributed by atoms with Gasteiger partial charge in [-0.2, -0.15) is 0 Å². The Morgan fingerprint density at radius 2 is 2.12 bits per heavy atom. The summed E-state index contributed by atoms with van der Waals surface area (Å²) in [6, 6.07) is 0.467. The third-order valence-electron chi connectivity index (χ3n) is 5.81. The van der Waals surface area contributed by atoms with Crippen molar-refractivity contribution in [3.8, 4) is 0 Å². The van der Waals surface area contributed by atoms with Crippen LogP contribution in [0.4, 0.5) is 0 Å². The molecule has 2 saturated carbocycles. The average molecular weight is 403 g/mol. The molecule has 0 amide bonds. The summed E-state index contributed by atoms with van der Waals surface area (Å²) in [4.78, 5) is 18.1. The molecule has 146 valence electrons. The van der Waals surface area contributed by atoms with Crippen LogP contribution in [-0.4, -0.2) is 92.4 Å². The van der Waals surface area contributed by atoms with Crippen molar-refractivity contribution in [2.45, 2.75) is 73.4 Å². The van der Waals surface area contributed by atoms with Crippen LogP contribution in [0.2, 0.25) is 0 Å². The van der Waals surface area contributed by atoms with E-state index in [-0.39, 0.29) is 24.0 Å². The summed E-state index contributed by atoms with van der Waals surface area (Å²) in [6.45, 7) is -0.0188. The molecule has 0 spiro atoms. The maximum atomic E-state index is 11.3. The molecule has 26 heavy (non-hydrogen) atoms. The molecule has 3 aliphatic rings. The largest absolute Gasteiger partial charge is 0.477 e. The number of aliphatic carboxylic acids is 1. The number of rotatable bonds is 5. The second-order valence-electron chi connectivity index (χ2n) is 7.84. The minimum Gasteiger partial charge on any atom is -0.477 e. The van der Waals surface area contributed by atoms with Crippen molar-refractivity contribution >= 4 is 40.6 Å². The lowest BCUT2D eigenvalue weighted by molar-refractivity contribution is -0.551. The Morgan fingerprint density at radius 3 is 2.77 bits per heavy atom. The van der Waals surface area contributed by atoms with E-state index in [2.05, 4.69) is 9.89 Å². The van der Waals surface area contributed by atoms with E-state index in [0.29, 0.717) is 11.3 Å². The maximum absolute atomic E-state index is 11.3. The Hall–Kier alpha value is -0.630. The number of hydrogen-bond donors (Lipinski definition) is 2. The number of fused-ring (bicyclic) bond motifs is 1. The van der Waals surface area contributed by atoms with Crippen molar-refractivity contribution in [3.63, 3.8) is 0 Å². The van der Waals surface area contributed by atoms with Gasteiger partial charge in [0, 0.05) is 17.8 Å². The third-order valence-corrected chi connectivity index (χ3v) is 7.64. The molecule has 0 bridgehead atoms. The second kappa shape index (κ2) is 8.59. The minimum atomic E-state index is -0.833. The molecule has 8 heteroatoms. The van der Waals surface area contributed by atoms with E-state index in [0.717, 1.165) is 43.6 Å². The summed E-state index contributed by atoms with van der Waals surface area (Å²) in [5, 5.41) is 21.2. The Bertz CT molecular complexity index is 598. The number of aliphatic hydroxyl groups excluding tert-OH is 1. The predicted molar refractivity (Wildman–Crippen MR) is 106 cm³/mol. The quantitative estimate of drug-likeness (QED) is 0.415. The van der Waals surface area contributed by atoms with Crippen molar-refractivity contribution in [1.82, 2.24) is 4.90 Å². The van der Waals surface area contributed by atoms with Gasteiger partial charge >= 0.3 is 5.97 Å². The molecule has 1 aliphatic heterocycles. The summed E-state index contributed by atoms with van der Waals surface area (Å²) in [7, 11) is 4.09. The monoisotopic (exact) mass is 402 g/mol. The topological polar surface area (TPSA) is 76.1 Å². The van der Waals surface area contributed by atoms with Gasteiger partial charge in [0.2, 0.25) is 6.54 Å². The zero-order valence-corrected chi connectivity index (χ0v) is 17.0. The van der Waals surface area contributed by atoms with Crippen LogP contribution >= 0.6 is 23.4 Å². The van der Waals surface area contributed by atoms with Crippen molar-refractivity contribution in [1.29, 1.82) is 0 Å². The van der Waals surface area contributed by atoms with E-state index in [1.165, 1.54) is 0 Å². The fraction of sp³-hybridized carbons (Fsp3) is 0.833. The normalized spacial score (nSPS) is 38.2. The van der Waals surface area contributed by atoms with E-state index in [1.54, 1.807) is 18.0 Å². The molecule has 2 aliphatic carbocycles. The lowest BCUT2D eigenvalue weighted by atomic mass is 9.88. The van der Waals surface area contributed by atoms with E-state index >= 15 is 0 Å². The van der Waals surface area contributed by atoms with Crippen LogP contribution in [0.15, 0.2) is 4.99 Å². The van der Waals surface area contributed by atoms with Crippen LogP contribution in [0.1, 0.15) is 38.5 Å². The fourth-order valence-corrected chi connectivity index (χ4v) is 6.02. The Morgan fingerprint density at radius 1 is 1.35 bits per heavy atom.